The van der Waals surface area contributed by atoms with Crippen molar-refractivity contribution < 1.29 is 24.0 Å². The van der Waals surface area contributed by atoms with Crippen LogP contribution >= 0.6 is 0 Å². The van der Waals surface area contributed by atoms with Crippen molar-refractivity contribution >= 4 is 11.9 Å². The van der Waals surface area contributed by atoms with E-state index in [0.717, 1.165) is 5.56 Å². The Bertz CT molecular complexity index is 1060. The summed E-state index contributed by atoms with van der Waals surface area (Å²) in [5.74, 6) is -1.22. The molecule has 1 amide bonds. The predicted octanol–water partition coefficient (Wildman–Crippen LogP) is 3.81. The van der Waals surface area contributed by atoms with Crippen LogP contribution in [0.1, 0.15) is 44.9 Å². The van der Waals surface area contributed by atoms with Crippen LogP contribution in [0.5, 0.6) is 5.75 Å². The molecule has 0 aromatic heterocycles. The van der Waals surface area contributed by atoms with E-state index >= 15 is 0 Å². The lowest BCUT2D eigenvalue weighted by atomic mass is 9.73. The molecule has 34 heavy (non-hydrogen) atoms. The van der Waals surface area contributed by atoms with Gasteiger partial charge in [-0.15, -0.1) is 0 Å². The number of para-hydroxylation sites is 1. The number of nitrogens with zero attached hydrogens (tertiary/aromatic N) is 2. The Labute approximate surface area is 199 Å². The number of nitro groups is 1. The average Bonchev–Trinajstić information content (AvgIpc) is 3.39. The molecule has 2 heterocycles. The van der Waals surface area contributed by atoms with Crippen molar-refractivity contribution in [3.05, 3.63) is 75.8 Å². The van der Waals surface area contributed by atoms with Crippen molar-refractivity contribution in [2.75, 3.05) is 6.61 Å². The Hall–Kier alpha value is -3.42. The first-order valence-electron chi connectivity index (χ1n) is 11.6. The van der Waals surface area contributed by atoms with Crippen molar-refractivity contribution in [3.8, 4) is 5.75 Å². The van der Waals surface area contributed by atoms with E-state index in [9.17, 15) is 19.7 Å². The van der Waals surface area contributed by atoms with E-state index in [1.165, 1.54) is 4.90 Å². The predicted molar refractivity (Wildman–Crippen MR) is 125 cm³/mol. The minimum absolute atomic E-state index is 0.110. The van der Waals surface area contributed by atoms with Gasteiger partial charge in [-0.3, -0.25) is 14.9 Å². The summed E-state index contributed by atoms with van der Waals surface area (Å²) in [5, 5.41) is 12.5. The molecule has 0 spiro atoms. The van der Waals surface area contributed by atoms with Gasteiger partial charge in [0.15, 0.2) is 6.10 Å². The third kappa shape index (κ3) is 4.13. The molecular weight excluding hydrogens is 436 g/mol. The van der Waals surface area contributed by atoms with Crippen molar-refractivity contribution in [2.24, 2.45) is 11.3 Å². The highest BCUT2D eigenvalue weighted by Crippen LogP contribution is 2.50. The van der Waals surface area contributed by atoms with Gasteiger partial charge in [-0.25, -0.2) is 4.79 Å². The Morgan fingerprint density at radius 1 is 1.12 bits per heavy atom. The number of hydrogen-bond acceptors (Lipinski definition) is 6. The second kappa shape index (κ2) is 9.08. The van der Waals surface area contributed by atoms with Gasteiger partial charge in [0.2, 0.25) is 6.04 Å². The van der Waals surface area contributed by atoms with Crippen LogP contribution in [0.3, 0.4) is 0 Å². The lowest BCUT2D eigenvalue weighted by Crippen LogP contribution is -2.51. The smallest absolute Gasteiger partial charge is 0.329 e. The highest BCUT2D eigenvalue weighted by Gasteiger charge is 2.64. The molecule has 4 rings (SSSR count). The maximum absolute atomic E-state index is 14.0. The van der Waals surface area contributed by atoms with Crippen LogP contribution in [0.4, 0.5) is 0 Å². The highest BCUT2D eigenvalue weighted by atomic mass is 16.6. The summed E-state index contributed by atoms with van der Waals surface area (Å²) in [6.45, 7) is 7.37. The highest BCUT2D eigenvalue weighted by molar-refractivity contribution is 5.89. The van der Waals surface area contributed by atoms with Crippen molar-refractivity contribution in [1.29, 1.82) is 0 Å². The fourth-order valence-electron chi connectivity index (χ4n) is 5.38. The second-order valence-corrected chi connectivity index (χ2v) is 9.88. The van der Waals surface area contributed by atoms with Crippen LogP contribution in [0.25, 0.3) is 0 Å². The number of benzene rings is 2. The molecule has 0 N–H and O–H groups in total. The number of esters is 1. The maximum atomic E-state index is 14.0. The van der Waals surface area contributed by atoms with E-state index in [1.807, 2.05) is 45.0 Å². The van der Waals surface area contributed by atoms with Gasteiger partial charge >= 0.3 is 5.97 Å². The van der Waals surface area contributed by atoms with Gasteiger partial charge in [0.25, 0.3) is 5.91 Å². The fourth-order valence-corrected chi connectivity index (χ4v) is 5.38. The molecule has 1 unspecified atom stereocenters. The fraction of sp³-hybridized carbons (Fsp3) is 0.462. The lowest BCUT2D eigenvalue weighted by Gasteiger charge is -2.34. The van der Waals surface area contributed by atoms with Crippen LogP contribution in [0, 0.1) is 21.4 Å². The van der Waals surface area contributed by atoms with Gasteiger partial charge in [-0.1, -0.05) is 69.3 Å². The van der Waals surface area contributed by atoms with Gasteiger partial charge in [-0.05, 0) is 29.5 Å². The summed E-state index contributed by atoms with van der Waals surface area (Å²) in [6, 6.07) is 13.0. The number of rotatable bonds is 5. The quantitative estimate of drug-likeness (QED) is 0.377. The van der Waals surface area contributed by atoms with Crippen molar-refractivity contribution in [1.82, 2.24) is 4.90 Å². The third-order valence-corrected chi connectivity index (χ3v) is 6.72. The molecule has 2 aliphatic rings. The summed E-state index contributed by atoms with van der Waals surface area (Å²) in [7, 11) is 0. The van der Waals surface area contributed by atoms with E-state index < -0.39 is 47.4 Å². The topological polar surface area (TPSA) is 99.0 Å². The van der Waals surface area contributed by atoms with Gasteiger partial charge in [0.05, 0.1) is 12.5 Å². The monoisotopic (exact) mass is 466 g/mol. The average molecular weight is 467 g/mol. The molecule has 1 saturated heterocycles. The summed E-state index contributed by atoms with van der Waals surface area (Å²) in [5.41, 5.74) is 0.841. The number of amides is 1. The van der Waals surface area contributed by atoms with E-state index in [-0.39, 0.29) is 11.5 Å². The van der Waals surface area contributed by atoms with E-state index in [0.29, 0.717) is 17.7 Å². The van der Waals surface area contributed by atoms with Crippen LogP contribution in [0.2, 0.25) is 0 Å². The SMILES string of the molecule is CCOC(=O)[C@@H]1[C@@H](C(C)(C)C)[C@H]([N+](=O)[O-])[C@H](c2ccccc2)N1C(=O)C1Cc2ccccc2O1. The zero-order valence-corrected chi connectivity index (χ0v) is 19.8. The molecule has 8 nitrogen and oxygen atoms in total. The first-order valence-corrected chi connectivity index (χ1v) is 11.6. The standard InChI is InChI=1S/C26H30N2O6/c1-5-33-25(30)23-20(26(2,3)4)22(28(31)32)21(16-11-7-6-8-12-16)27(23)24(29)19-15-17-13-9-10-14-18(17)34-19/h6-14,19-23H,5,15H2,1-4H3/t19?,20-,21-,22-,23-/m0/s1. The van der Waals surface area contributed by atoms with Gasteiger partial charge in [0, 0.05) is 11.3 Å². The zero-order chi connectivity index (χ0) is 24.6. The van der Waals surface area contributed by atoms with Crippen molar-refractivity contribution in [2.45, 2.75) is 58.3 Å². The minimum Gasteiger partial charge on any atom is -0.480 e. The third-order valence-electron chi connectivity index (χ3n) is 6.72. The molecule has 2 aromatic rings. The summed E-state index contributed by atoms with van der Waals surface area (Å²) >= 11 is 0. The number of fused-ring (bicyclic) bond motifs is 1. The number of carbonyl (C=O) groups excluding carboxylic acids is 2. The molecule has 1 fully saturated rings. The molecule has 5 atom stereocenters. The molecular formula is C26H30N2O6. The van der Waals surface area contributed by atoms with Crippen LogP contribution < -0.4 is 4.74 Å². The summed E-state index contributed by atoms with van der Waals surface area (Å²) in [4.78, 5) is 40.9. The molecule has 0 aliphatic carbocycles. The number of ether oxygens (including phenoxy) is 2. The molecule has 180 valence electrons. The lowest BCUT2D eigenvalue weighted by molar-refractivity contribution is -0.536. The molecule has 2 aliphatic heterocycles. The molecule has 0 bridgehead atoms. The first-order chi connectivity index (χ1) is 16.1. The van der Waals surface area contributed by atoms with Gasteiger partial charge < -0.3 is 14.4 Å². The van der Waals surface area contributed by atoms with Crippen LogP contribution in [0.15, 0.2) is 54.6 Å². The molecule has 8 heteroatoms. The Balaban J connectivity index is 1.85. The number of hydrogen-bond donors (Lipinski definition) is 0. The molecule has 0 radical (unpaired) electrons. The van der Waals surface area contributed by atoms with Crippen LogP contribution in [-0.2, 0) is 20.7 Å². The number of likely N-dealkylation sites (tertiary alicyclic amines) is 1. The molecule has 2 aromatic carbocycles. The van der Waals surface area contributed by atoms with E-state index in [1.54, 1.807) is 37.3 Å². The summed E-state index contributed by atoms with van der Waals surface area (Å²) < 4.78 is 11.3. The minimum atomic E-state index is -1.19. The van der Waals surface area contributed by atoms with Gasteiger partial charge in [0.1, 0.15) is 17.8 Å². The van der Waals surface area contributed by atoms with Crippen molar-refractivity contribution in [3.63, 3.8) is 0 Å². The largest absolute Gasteiger partial charge is 0.480 e. The first kappa shape index (κ1) is 23.7. The Morgan fingerprint density at radius 2 is 1.76 bits per heavy atom. The van der Waals surface area contributed by atoms with Crippen LogP contribution in [-0.4, -0.2) is 46.5 Å². The van der Waals surface area contributed by atoms with E-state index in [2.05, 4.69) is 0 Å². The Morgan fingerprint density at radius 3 is 2.35 bits per heavy atom. The van der Waals surface area contributed by atoms with Gasteiger partial charge in [-0.2, -0.15) is 0 Å². The normalized spacial score (nSPS) is 26.0. The maximum Gasteiger partial charge on any atom is 0.329 e. The second-order valence-electron chi connectivity index (χ2n) is 9.88. The Kier molecular flexibility index (Phi) is 6.34. The summed E-state index contributed by atoms with van der Waals surface area (Å²) in [6.07, 6.45) is -0.530. The number of carbonyl (C=O) groups is 2. The van der Waals surface area contributed by atoms with E-state index in [4.69, 9.17) is 9.47 Å². The zero-order valence-electron chi connectivity index (χ0n) is 19.8. The molecule has 0 saturated carbocycles.